The Hall–Kier alpha value is -2.64. The van der Waals surface area contributed by atoms with E-state index < -0.39 is 0 Å². The van der Waals surface area contributed by atoms with Gasteiger partial charge in [-0.2, -0.15) is 0 Å². The second kappa shape index (κ2) is 9.67. The molecular formula is C35H45N. The quantitative estimate of drug-likeness (QED) is 0.278. The highest BCUT2D eigenvalue weighted by atomic mass is 14.9. The van der Waals surface area contributed by atoms with Gasteiger partial charge >= 0.3 is 0 Å². The zero-order valence-corrected chi connectivity index (χ0v) is 23.9. The summed E-state index contributed by atoms with van der Waals surface area (Å²) < 4.78 is 0. The molecule has 0 aliphatic carbocycles. The molecule has 1 N–H and O–H groups in total. The van der Waals surface area contributed by atoms with Gasteiger partial charge < -0.3 is 5.32 Å². The minimum atomic E-state index is -0.122. The Morgan fingerprint density at radius 1 is 0.694 bits per heavy atom. The fraction of sp³-hybridized carbons (Fsp3) is 0.429. The van der Waals surface area contributed by atoms with Gasteiger partial charge in [0, 0.05) is 5.54 Å². The van der Waals surface area contributed by atoms with Crippen molar-refractivity contribution in [2.24, 2.45) is 0 Å². The Bertz CT molecular complexity index is 1360. The van der Waals surface area contributed by atoms with Gasteiger partial charge in [-0.3, -0.25) is 0 Å². The minimum absolute atomic E-state index is 0.0413. The van der Waals surface area contributed by atoms with E-state index in [1.807, 2.05) is 0 Å². The Kier molecular flexibility index (Phi) is 7.10. The zero-order chi connectivity index (χ0) is 26.3. The van der Waals surface area contributed by atoms with Crippen molar-refractivity contribution >= 4 is 21.5 Å². The Morgan fingerprint density at radius 3 is 1.92 bits per heavy atom. The first-order chi connectivity index (χ1) is 16.9. The maximum Gasteiger partial charge on any atom is 0.0410 e. The molecule has 1 nitrogen and oxygen atoms in total. The number of rotatable bonds is 7. The van der Waals surface area contributed by atoms with E-state index in [1.54, 1.807) is 0 Å². The molecule has 1 unspecified atom stereocenters. The highest BCUT2D eigenvalue weighted by Crippen LogP contribution is 2.41. The summed E-state index contributed by atoms with van der Waals surface area (Å²) in [4.78, 5) is 0. The van der Waals surface area contributed by atoms with E-state index in [0.29, 0.717) is 5.92 Å². The van der Waals surface area contributed by atoms with E-state index in [0.717, 1.165) is 12.8 Å². The van der Waals surface area contributed by atoms with E-state index >= 15 is 0 Å². The topological polar surface area (TPSA) is 12.0 Å². The van der Waals surface area contributed by atoms with Crippen LogP contribution in [0.5, 0.6) is 0 Å². The molecule has 0 aromatic heterocycles. The van der Waals surface area contributed by atoms with Gasteiger partial charge in [-0.1, -0.05) is 121 Å². The summed E-state index contributed by atoms with van der Waals surface area (Å²) in [5, 5.41) is 9.23. The molecule has 4 aromatic carbocycles. The summed E-state index contributed by atoms with van der Waals surface area (Å²) in [6.07, 6.45) is 2.14. The van der Waals surface area contributed by atoms with Crippen LogP contribution in [0.25, 0.3) is 21.5 Å². The molecule has 1 heteroatoms. The van der Waals surface area contributed by atoms with Crippen molar-refractivity contribution in [1.29, 1.82) is 0 Å². The average Bonchev–Trinajstić information content (AvgIpc) is 2.85. The highest BCUT2D eigenvalue weighted by molar-refractivity contribution is 5.90. The smallest absolute Gasteiger partial charge is 0.0410 e. The molecule has 0 spiro atoms. The molecule has 0 saturated carbocycles. The van der Waals surface area contributed by atoms with Crippen molar-refractivity contribution in [3.05, 3.63) is 95.1 Å². The van der Waals surface area contributed by atoms with Crippen LogP contribution in [0.15, 0.2) is 72.8 Å². The maximum absolute atomic E-state index is 3.74. The summed E-state index contributed by atoms with van der Waals surface area (Å²) >= 11 is 0. The van der Waals surface area contributed by atoms with Crippen LogP contribution in [0.2, 0.25) is 0 Å². The van der Waals surface area contributed by atoms with E-state index in [-0.39, 0.29) is 16.4 Å². The molecule has 4 rings (SSSR count). The first-order valence-corrected chi connectivity index (χ1v) is 13.6. The highest BCUT2D eigenvalue weighted by Gasteiger charge is 2.32. The summed E-state index contributed by atoms with van der Waals surface area (Å²) in [6, 6.07) is 27.4. The molecule has 0 aliphatic rings. The maximum atomic E-state index is 3.74. The molecule has 0 aliphatic heterocycles. The second-order valence-electron chi connectivity index (χ2n) is 12.9. The lowest BCUT2D eigenvalue weighted by atomic mass is 9.73. The van der Waals surface area contributed by atoms with Crippen molar-refractivity contribution in [2.45, 2.75) is 90.5 Å². The van der Waals surface area contributed by atoms with Crippen molar-refractivity contribution in [3.8, 4) is 0 Å². The van der Waals surface area contributed by atoms with E-state index in [4.69, 9.17) is 0 Å². The zero-order valence-electron chi connectivity index (χ0n) is 23.9. The van der Waals surface area contributed by atoms with Crippen molar-refractivity contribution in [2.75, 3.05) is 7.05 Å². The van der Waals surface area contributed by atoms with E-state index in [1.165, 1.54) is 43.8 Å². The Balaban J connectivity index is 1.74. The van der Waals surface area contributed by atoms with Crippen molar-refractivity contribution in [1.82, 2.24) is 5.32 Å². The lowest BCUT2D eigenvalue weighted by Gasteiger charge is -2.36. The third-order valence-electron chi connectivity index (χ3n) is 8.43. The molecule has 36 heavy (non-hydrogen) atoms. The molecule has 4 aromatic rings. The first kappa shape index (κ1) is 26.4. The van der Waals surface area contributed by atoms with Gasteiger partial charge in [0.15, 0.2) is 0 Å². The molecule has 0 radical (unpaired) electrons. The minimum Gasteiger partial charge on any atom is -0.311 e. The molecule has 0 amide bonds. The predicted molar refractivity (Wildman–Crippen MR) is 159 cm³/mol. The largest absolute Gasteiger partial charge is 0.311 e. The van der Waals surface area contributed by atoms with Crippen LogP contribution in [-0.4, -0.2) is 7.05 Å². The van der Waals surface area contributed by atoms with Crippen molar-refractivity contribution < 1.29 is 0 Å². The normalized spacial score (nSPS) is 14.5. The average molecular weight is 480 g/mol. The number of hydrogen-bond acceptors (Lipinski definition) is 1. The molecule has 190 valence electrons. The second-order valence-corrected chi connectivity index (χ2v) is 12.9. The molecule has 1 atom stereocenters. The van der Waals surface area contributed by atoms with Gasteiger partial charge in [0.2, 0.25) is 0 Å². The Morgan fingerprint density at radius 2 is 1.31 bits per heavy atom. The number of nitrogens with one attached hydrogen (secondary N) is 1. The molecule has 0 bridgehead atoms. The number of hydrogen-bond donors (Lipinski definition) is 1. The van der Waals surface area contributed by atoms with Crippen LogP contribution in [0.3, 0.4) is 0 Å². The monoisotopic (exact) mass is 479 g/mol. The number of fused-ring (bicyclic) bond motifs is 2. The summed E-state index contributed by atoms with van der Waals surface area (Å²) in [7, 11) is 2.12. The van der Waals surface area contributed by atoms with E-state index in [9.17, 15) is 0 Å². The van der Waals surface area contributed by atoms with Crippen LogP contribution in [0.4, 0.5) is 0 Å². The van der Waals surface area contributed by atoms with Gasteiger partial charge in [0.05, 0.1) is 0 Å². The van der Waals surface area contributed by atoms with Gasteiger partial charge in [-0.25, -0.2) is 0 Å². The predicted octanol–water partition coefficient (Wildman–Crippen LogP) is 9.61. The summed E-state index contributed by atoms with van der Waals surface area (Å²) in [6.45, 7) is 18.7. The third kappa shape index (κ3) is 4.96. The molecule has 0 heterocycles. The van der Waals surface area contributed by atoms with Crippen LogP contribution >= 0.6 is 0 Å². The lowest BCUT2D eigenvalue weighted by molar-refractivity contribution is 0.317. The summed E-state index contributed by atoms with van der Waals surface area (Å²) in [5.74, 6) is 0.486. The van der Waals surface area contributed by atoms with Gasteiger partial charge in [0.25, 0.3) is 0 Å². The Labute approximate surface area is 219 Å². The van der Waals surface area contributed by atoms with Crippen LogP contribution < -0.4 is 5.32 Å². The van der Waals surface area contributed by atoms with Gasteiger partial charge in [0.1, 0.15) is 0 Å². The van der Waals surface area contributed by atoms with E-state index in [2.05, 4.69) is 141 Å². The fourth-order valence-electron chi connectivity index (χ4n) is 5.73. The van der Waals surface area contributed by atoms with Gasteiger partial charge in [-0.05, 0) is 87.4 Å². The molecular weight excluding hydrogens is 434 g/mol. The molecule has 0 fully saturated rings. The fourth-order valence-corrected chi connectivity index (χ4v) is 5.73. The first-order valence-electron chi connectivity index (χ1n) is 13.6. The number of benzene rings is 4. The van der Waals surface area contributed by atoms with Crippen LogP contribution in [0, 0.1) is 0 Å². The van der Waals surface area contributed by atoms with Crippen LogP contribution in [-0.2, 0) is 16.4 Å². The van der Waals surface area contributed by atoms with Crippen LogP contribution in [0.1, 0.15) is 96.4 Å². The van der Waals surface area contributed by atoms with Crippen molar-refractivity contribution in [3.63, 3.8) is 0 Å². The SMILES string of the molecule is CNC(C)(CCC(C)(C)c1cccc2ccc(C(C)(C)C)cc12)c1cccc2cccc(C(C)C)c12. The van der Waals surface area contributed by atoms with Gasteiger partial charge in [-0.15, -0.1) is 0 Å². The summed E-state index contributed by atoms with van der Waals surface area (Å²) in [5.41, 5.74) is 5.75. The third-order valence-corrected chi connectivity index (χ3v) is 8.43. The standard InChI is InChI=1S/C35H45N/c1-24(2)28-16-10-14-26-15-12-18-31(32(26)28)35(8,36-9)22-21-34(6,7)30-17-11-13-25-19-20-27(23-29(25)30)33(3,4)5/h10-20,23-24,36H,21-22H2,1-9H3. The lowest BCUT2D eigenvalue weighted by Crippen LogP contribution is -2.38. The molecule has 0 saturated heterocycles.